The fourth-order valence-corrected chi connectivity index (χ4v) is 1.44. The van der Waals surface area contributed by atoms with Crippen LogP contribution in [-0.4, -0.2) is 24.5 Å². The Morgan fingerprint density at radius 3 is 2.47 bits per heavy atom. The minimum absolute atomic E-state index is 0.726. The lowest BCUT2D eigenvalue weighted by Gasteiger charge is -2.13. The molecule has 1 aromatic rings. The zero-order valence-electron chi connectivity index (χ0n) is 9.26. The van der Waals surface area contributed by atoms with Gasteiger partial charge in [0.1, 0.15) is 0 Å². The summed E-state index contributed by atoms with van der Waals surface area (Å²) < 4.78 is 0. The third kappa shape index (κ3) is 3.95. The van der Waals surface area contributed by atoms with Gasteiger partial charge >= 0.3 is 0 Å². The molecule has 15 heavy (non-hydrogen) atoms. The second-order valence-corrected chi connectivity index (χ2v) is 3.65. The molecule has 80 valence electrons. The molecule has 0 aromatic heterocycles. The zero-order valence-corrected chi connectivity index (χ0v) is 10.0. The second-order valence-electron chi connectivity index (χ2n) is 3.24. The molecule has 1 aromatic carbocycles. The monoisotopic (exact) mass is 221 g/mol. The highest BCUT2D eigenvalue weighted by Gasteiger charge is 1.95. The van der Waals surface area contributed by atoms with E-state index in [1.807, 2.05) is 24.3 Å². The highest BCUT2D eigenvalue weighted by Crippen LogP contribution is 2.12. The van der Waals surface area contributed by atoms with Gasteiger partial charge in [0.05, 0.1) is 11.6 Å². The van der Waals surface area contributed by atoms with Crippen LogP contribution in [0.15, 0.2) is 24.3 Å². The van der Waals surface area contributed by atoms with Crippen molar-refractivity contribution in [2.24, 2.45) is 0 Å². The van der Waals surface area contributed by atoms with Gasteiger partial charge in [0.15, 0.2) is 0 Å². The van der Waals surface area contributed by atoms with Crippen molar-refractivity contribution in [1.29, 1.82) is 0 Å². The molecule has 0 fully saturated rings. The molecule has 0 atom stereocenters. The maximum absolute atomic E-state index is 5.99. The Morgan fingerprint density at radius 2 is 1.87 bits per heavy atom. The molecular weight excluding hydrogens is 206 g/mol. The number of hydrogen-bond donors (Lipinski definition) is 0. The summed E-state index contributed by atoms with van der Waals surface area (Å²) in [5, 5.41) is 0.726. The van der Waals surface area contributed by atoms with E-state index in [2.05, 4.69) is 30.6 Å². The summed E-state index contributed by atoms with van der Waals surface area (Å²) in [5.74, 6) is 6.22. The SMILES string of the molecule is CCN(CC)CC#Cc1ccccc1Cl. The predicted octanol–water partition coefficient (Wildman–Crippen LogP) is 3.03. The van der Waals surface area contributed by atoms with E-state index in [-0.39, 0.29) is 0 Å². The van der Waals surface area contributed by atoms with Gasteiger partial charge in [0, 0.05) is 5.56 Å². The Balaban J connectivity index is 2.62. The highest BCUT2D eigenvalue weighted by atomic mass is 35.5. The smallest absolute Gasteiger partial charge is 0.0605 e. The van der Waals surface area contributed by atoms with E-state index >= 15 is 0 Å². The van der Waals surface area contributed by atoms with E-state index in [9.17, 15) is 0 Å². The first-order chi connectivity index (χ1) is 7.27. The molecular formula is C13H16ClN. The Hall–Kier alpha value is -0.970. The van der Waals surface area contributed by atoms with Crippen molar-refractivity contribution in [3.63, 3.8) is 0 Å². The summed E-state index contributed by atoms with van der Waals surface area (Å²) in [6, 6.07) is 7.67. The minimum atomic E-state index is 0.726. The van der Waals surface area contributed by atoms with Crippen LogP contribution in [0, 0.1) is 11.8 Å². The molecule has 0 radical (unpaired) electrons. The van der Waals surface area contributed by atoms with E-state index in [0.29, 0.717) is 0 Å². The van der Waals surface area contributed by atoms with Gasteiger partial charge in [-0.15, -0.1) is 0 Å². The minimum Gasteiger partial charge on any atom is -0.293 e. The number of hydrogen-bond acceptors (Lipinski definition) is 1. The van der Waals surface area contributed by atoms with Crippen molar-refractivity contribution in [2.75, 3.05) is 19.6 Å². The molecule has 0 aliphatic heterocycles. The molecule has 0 spiro atoms. The molecule has 0 unspecified atom stereocenters. The van der Waals surface area contributed by atoms with Gasteiger partial charge in [0.25, 0.3) is 0 Å². The van der Waals surface area contributed by atoms with E-state index in [1.54, 1.807) is 0 Å². The molecule has 0 aliphatic carbocycles. The lowest BCUT2D eigenvalue weighted by Crippen LogP contribution is -2.22. The maximum Gasteiger partial charge on any atom is 0.0605 e. The molecule has 0 saturated carbocycles. The summed E-state index contributed by atoms with van der Waals surface area (Å²) in [4.78, 5) is 2.27. The van der Waals surface area contributed by atoms with Crippen LogP contribution in [0.3, 0.4) is 0 Å². The highest BCUT2D eigenvalue weighted by molar-refractivity contribution is 6.31. The molecule has 0 saturated heterocycles. The van der Waals surface area contributed by atoms with Crippen molar-refractivity contribution in [3.05, 3.63) is 34.9 Å². The number of benzene rings is 1. The molecule has 0 N–H and O–H groups in total. The lowest BCUT2D eigenvalue weighted by atomic mass is 10.2. The predicted molar refractivity (Wildman–Crippen MR) is 66.1 cm³/mol. The van der Waals surface area contributed by atoms with Crippen LogP contribution in [0.2, 0.25) is 5.02 Å². The summed E-state index contributed by atoms with van der Waals surface area (Å²) in [6.45, 7) is 7.15. The van der Waals surface area contributed by atoms with Crippen molar-refractivity contribution >= 4 is 11.6 Å². The van der Waals surface area contributed by atoms with E-state index in [0.717, 1.165) is 30.2 Å². The third-order valence-electron chi connectivity index (χ3n) is 2.29. The Bertz CT molecular complexity index is 358. The van der Waals surface area contributed by atoms with Crippen molar-refractivity contribution in [2.45, 2.75) is 13.8 Å². The normalized spacial score (nSPS) is 9.87. The van der Waals surface area contributed by atoms with Gasteiger partial charge in [-0.05, 0) is 25.2 Å². The van der Waals surface area contributed by atoms with Crippen LogP contribution in [0.4, 0.5) is 0 Å². The molecule has 1 rings (SSSR count). The zero-order chi connectivity index (χ0) is 11.1. The van der Waals surface area contributed by atoms with Crippen LogP contribution >= 0.6 is 11.6 Å². The summed E-state index contributed by atoms with van der Waals surface area (Å²) in [5.41, 5.74) is 0.909. The van der Waals surface area contributed by atoms with E-state index < -0.39 is 0 Å². The van der Waals surface area contributed by atoms with Gasteiger partial charge in [0.2, 0.25) is 0 Å². The first kappa shape index (κ1) is 12.1. The van der Waals surface area contributed by atoms with Gasteiger partial charge < -0.3 is 0 Å². The molecule has 2 heteroatoms. The quantitative estimate of drug-likeness (QED) is 0.710. The fourth-order valence-electron chi connectivity index (χ4n) is 1.26. The number of nitrogens with zero attached hydrogens (tertiary/aromatic N) is 1. The van der Waals surface area contributed by atoms with Crippen LogP contribution in [-0.2, 0) is 0 Å². The lowest BCUT2D eigenvalue weighted by molar-refractivity contribution is 0.342. The molecule has 0 aliphatic rings. The Kier molecular flexibility index (Phi) is 5.25. The summed E-state index contributed by atoms with van der Waals surface area (Å²) in [6.07, 6.45) is 0. The molecule has 1 nitrogen and oxygen atoms in total. The second kappa shape index (κ2) is 6.50. The van der Waals surface area contributed by atoms with E-state index in [1.165, 1.54) is 0 Å². The molecule has 0 amide bonds. The average molecular weight is 222 g/mol. The van der Waals surface area contributed by atoms with Crippen molar-refractivity contribution in [3.8, 4) is 11.8 Å². The summed E-state index contributed by atoms with van der Waals surface area (Å²) >= 11 is 5.99. The first-order valence-corrected chi connectivity index (χ1v) is 5.61. The summed E-state index contributed by atoms with van der Waals surface area (Å²) in [7, 11) is 0. The van der Waals surface area contributed by atoms with Crippen LogP contribution in [0.5, 0.6) is 0 Å². The van der Waals surface area contributed by atoms with Crippen molar-refractivity contribution in [1.82, 2.24) is 4.90 Å². The van der Waals surface area contributed by atoms with Crippen LogP contribution in [0.25, 0.3) is 0 Å². The maximum atomic E-state index is 5.99. The van der Waals surface area contributed by atoms with Gasteiger partial charge in [-0.3, -0.25) is 4.90 Å². The fraction of sp³-hybridized carbons (Fsp3) is 0.385. The number of rotatable bonds is 3. The van der Waals surface area contributed by atoms with Crippen molar-refractivity contribution < 1.29 is 0 Å². The van der Waals surface area contributed by atoms with Crippen LogP contribution in [0.1, 0.15) is 19.4 Å². The van der Waals surface area contributed by atoms with Gasteiger partial charge in [-0.25, -0.2) is 0 Å². The largest absolute Gasteiger partial charge is 0.293 e. The average Bonchev–Trinajstić information content (AvgIpc) is 2.27. The number of halogens is 1. The van der Waals surface area contributed by atoms with E-state index in [4.69, 9.17) is 11.6 Å². The van der Waals surface area contributed by atoms with Gasteiger partial charge in [-0.2, -0.15) is 0 Å². The standard InChI is InChI=1S/C13H16ClN/c1-3-15(4-2)11-7-9-12-8-5-6-10-13(12)14/h5-6,8,10H,3-4,11H2,1-2H3. The van der Waals surface area contributed by atoms with Crippen LogP contribution < -0.4 is 0 Å². The van der Waals surface area contributed by atoms with Gasteiger partial charge in [-0.1, -0.05) is 49.4 Å². The third-order valence-corrected chi connectivity index (χ3v) is 2.62. The molecule has 0 heterocycles. The topological polar surface area (TPSA) is 3.24 Å². The first-order valence-electron chi connectivity index (χ1n) is 5.23. The Morgan fingerprint density at radius 1 is 1.20 bits per heavy atom. The Labute approximate surface area is 97.0 Å². The molecule has 0 bridgehead atoms.